The number of hydrogen-bond acceptors (Lipinski definition) is 3. The highest BCUT2D eigenvalue weighted by Crippen LogP contribution is 2.18. The molecule has 0 aromatic heterocycles. The predicted octanol–water partition coefficient (Wildman–Crippen LogP) is 1.84. The molecular formula is C16H24N2O2. The van der Waals surface area contributed by atoms with Crippen LogP contribution in [-0.2, 0) is 4.79 Å². The Kier molecular flexibility index (Phi) is 4.65. The Labute approximate surface area is 121 Å². The summed E-state index contributed by atoms with van der Waals surface area (Å²) >= 11 is 0. The molecule has 0 aliphatic carbocycles. The average Bonchev–Trinajstić information content (AvgIpc) is 2.37. The molecule has 1 aromatic carbocycles. The predicted molar refractivity (Wildman–Crippen MR) is 80.1 cm³/mol. The third kappa shape index (κ3) is 3.73. The molecule has 1 aliphatic heterocycles. The Morgan fingerprint density at radius 2 is 1.65 bits per heavy atom. The van der Waals surface area contributed by atoms with Crippen LogP contribution < -0.4 is 4.74 Å². The summed E-state index contributed by atoms with van der Waals surface area (Å²) in [5, 5.41) is 0. The Morgan fingerprint density at radius 1 is 1.10 bits per heavy atom. The molecule has 0 bridgehead atoms. The van der Waals surface area contributed by atoms with Gasteiger partial charge in [0.15, 0.2) is 6.10 Å². The SMILES string of the molecule is Cc1cc(C)cc(O[C@H](C)C(=O)N2CCN(C)CC2)c1. The Balaban J connectivity index is 1.97. The Morgan fingerprint density at radius 3 is 2.20 bits per heavy atom. The zero-order valence-corrected chi connectivity index (χ0v) is 12.8. The minimum Gasteiger partial charge on any atom is -0.481 e. The molecule has 110 valence electrons. The van der Waals surface area contributed by atoms with E-state index in [1.807, 2.05) is 37.8 Å². The zero-order valence-electron chi connectivity index (χ0n) is 12.8. The summed E-state index contributed by atoms with van der Waals surface area (Å²) < 4.78 is 5.81. The van der Waals surface area contributed by atoms with Gasteiger partial charge in [-0.15, -0.1) is 0 Å². The van der Waals surface area contributed by atoms with Crippen molar-refractivity contribution in [2.45, 2.75) is 26.9 Å². The number of rotatable bonds is 3. The van der Waals surface area contributed by atoms with Crippen LogP contribution in [0, 0.1) is 13.8 Å². The van der Waals surface area contributed by atoms with Gasteiger partial charge in [-0.2, -0.15) is 0 Å². The highest BCUT2D eigenvalue weighted by atomic mass is 16.5. The van der Waals surface area contributed by atoms with Crippen LogP contribution in [0.3, 0.4) is 0 Å². The molecule has 0 N–H and O–H groups in total. The number of carbonyl (C=O) groups excluding carboxylic acids is 1. The van der Waals surface area contributed by atoms with Crippen LogP contribution >= 0.6 is 0 Å². The maximum atomic E-state index is 12.4. The van der Waals surface area contributed by atoms with Crippen LogP contribution in [0.1, 0.15) is 18.1 Å². The zero-order chi connectivity index (χ0) is 14.7. The van der Waals surface area contributed by atoms with Gasteiger partial charge in [-0.25, -0.2) is 0 Å². The summed E-state index contributed by atoms with van der Waals surface area (Å²) in [6, 6.07) is 6.04. The summed E-state index contributed by atoms with van der Waals surface area (Å²) in [5.74, 6) is 0.856. The largest absolute Gasteiger partial charge is 0.481 e. The number of benzene rings is 1. The van der Waals surface area contributed by atoms with E-state index >= 15 is 0 Å². The lowest BCUT2D eigenvalue weighted by Gasteiger charge is -2.33. The fourth-order valence-corrected chi connectivity index (χ4v) is 2.54. The highest BCUT2D eigenvalue weighted by molar-refractivity contribution is 5.81. The summed E-state index contributed by atoms with van der Waals surface area (Å²) in [5.41, 5.74) is 2.30. The molecule has 0 spiro atoms. The molecule has 1 aromatic rings. The number of ether oxygens (including phenoxy) is 1. The van der Waals surface area contributed by atoms with Crippen molar-refractivity contribution in [3.8, 4) is 5.75 Å². The van der Waals surface area contributed by atoms with Crippen molar-refractivity contribution in [2.24, 2.45) is 0 Å². The van der Waals surface area contributed by atoms with Gasteiger partial charge in [-0.05, 0) is 51.1 Å². The lowest BCUT2D eigenvalue weighted by Crippen LogP contribution is -2.50. The summed E-state index contributed by atoms with van der Waals surface area (Å²) in [6.07, 6.45) is -0.431. The van der Waals surface area contributed by atoms with E-state index in [1.165, 1.54) is 0 Å². The Hall–Kier alpha value is -1.55. The normalized spacial score (nSPS) is 17.9. The molecule has 1 amide bonds. The van der Waals surface area contributed by atoms with E-state index in [4.69, 9.17) is 4.74 Å². The number of piperazine rings is 1. The second kappa shape index (κ2) is 6.27. The second-order valence-electron chi connectivity index (χ2n) is 5.71. The number of aryl methyl sites for hydroxylation is 2. The second-order valence-corrected chi connectivity index (χ2v) is 5.71. The van der Waals surface area contributed by atoms with E-state index in [0.29, 0.717) is 0 Å². The van der Waals surface area contributed by atoms with E-state index in [-0.39, 0.29) is 5.91 Å². The molecule has 0 radical (unpaired) electrons. The number of hydrogen-bond donors (Lipinski definition) is 0. The van der Waals surface area contributed by atoms with Gasteiger partial charge >= 0.3 is 0 Å². The molecule has 0 saturated carbocycles. The van der Waals surface area contributed by atoms with Crippen molar-refractivity contribution in [3.05, 3.63) is 29.3 Å². The fourth-order valence-electron chi connectivity index (χ4n) is 2.54. The van der Waals surface area contributed by atoms with Crippen LogP contribution in [-0.4, -0.2) is 55.0 Å². The lowest BCUT2D eigenvalue weighted by atomic mass is 10.1. The van der Waals surface area contributed by atoms with Crippen molar-refractivity contribution in [2.75, 3.05) is 33.2 Å². The molecule has 1 saturated heterocycles. The van der Waals surface area contributed by atoms with Gasteiger partial charge in [0.05, 0.1) is 0 Å². The fraction of sp³-hybridized carbons (Fsp3) is 0.562. The summed E-state index contributed by atoms with van der Waals surface area (Å²) in [7, 11) is 2.08. The molecule has 2 rings (SSSR count). The van der Waals surface area contributed by atoms with Gasteiger partial charge in [0.1, 0.15) is 5.75 Å². The first-order valence-electron chi connectivity index (χ1n) is 7.18. The quantitative estimate of drug-likeness (QED) is 0.844. The molecule has 1 atom stereocenters. The third-order valence-electron chi connectivity index (χ3n) is 3.67. The van der Waals surface area contributed by atoms with Crippen LogP contribution in [0.2, 0.25) is 0 Å². The van der Waals surface area contributed by atoms with Gasteiger partial charge in [0.25, 0.3) is 5.91 Å². The number of likely N-dealkylation sites (N-methyl/N-ethyl adjacent to an activating group) is 1. The monoisotopic (exact) mass is 276 g/mol. The van der Waals surface area contributed by atoms with E-state index in [1.54, 1.807) is 0 Å². The van der Waals surface area contributed by atoms with Gasteiger partial charge < -0.3 is 14.5 Å². The molecule has 0 unspecified atom stereocenters. The Bertz CT molecular complexity index is 459. The van der Waals surface area contributed by atoms with Crippen LogP contribution in [0.15, 0.2) is 18.2 Å². The first-order chi connectivity index (χ1) is 9.45. The molecule has 1 aliphatic rings. The van der Waals surface area contributed by atoms with Crippen LogP contribution in [0.25, 0.3) is 0 Å². The average molecular weight is 276 g/mol. The number of amides is 1. The van der Waals surface area contributed by atoms with Crippen molar-refractivity contribution >= 4 is 5.91 Å². The van der Waals surface area contributed by atoms with Gasteiger partial charge in [0.2, 0.25) is 0 Å². The minimum absolute atomic E-state index is 0.0808. The molecule has 4 heteroatoms. The topological polar surface area (TPSA) is 32.8 Å². The van der Waals surface area contributed by atoms with E-state index in [0.717, 1.165) is 43.1 Å². The van der Waals surface area contributed by atoms with Crippen molar-refractivity contribution in [3.63, 3.8) is 0 Å². The minimum atomic E-state index is -0.431. The van der Waals surface area contributed by atoms with Gasteiger partial charge in [0, 0.05) is 26.2 Å². The van der Waals surface area contributed by atoms with Crippen LogP contribution in [0.4, 0.5) is 0 Å². The molecule has 4 nitrogen and oxygen atoms in total. The first kappa shape index (κ1) is 14.9. The van der Waals surface area contributed by atoms with E-state index in [2.05, 4.69) is 18.0 Å². The maximum absolute atomic E-state index is 12.4. The van der Waals surface area contributed by atoms with E-state index in [9.17, 15) is 4.79 Å². The number of nitrogens with zero attached hydrogens (tertiary/aromatic N) is 2. The lowest BCUT2D eigenvalue weighted by molar-refractivity contribution is -0.139. The molecule has 20 heavy (non-hydrogen) atoms. The standard InChI is InChI=1S/C16H24N2O2/c1-12-9-13(2)11-15(10-12)20-14(3)16(19)18-7-5-17(4)6-8-18/h9-11,14H,5-8H2,1-4H3/t14-/m1/s1. The summed E-state index contributed by atoms with van der Waals surface area (Å²) in [6.45, 7) is 9.34. The van der Waals surface area contributed by atoms with Gasteiger partial charge in [-0.3, -0.25) is 4.79 Å². The van der Waals surface area contributed by atoms with Crippen LogP contribution in [0.5, 0.6) is 5.75 Å². The van der Waals surface area contributed by atoms with Crippen molar-refractivity contribution in [1.29, 1.82) is 0 Å². The molecule has 1 heterocycles. The highest BCUT2D eigenvalue weighted by Gasteiger charge is 2.24. The first-order valence-corrected chi connectivity index (χ1v) is 7.18. The molecular weight excluding hydrogens is 252 g/mol. The van der Waals surface area contributed by atoms with E-state index < -0.39 is 6.10 Å². The van der Waals surface area contributed by atoms with Crippen molar-refractivity contribution < 1.29 is 9.53 Å². The van der Waals surface area contributed by atoms with Crippen molar-refractivity contribution in [1.82, 2.24) is 9.80 Å². The summed E-state index contributed by atoms with van der Waals surface area (Å²) in [4.78, 5) is 16.5. The smallest absolute Gasteiger partial charge is 0.263 e. The maximum Gasteiger partial charge on any atom is 0.263 e. The number of carbonyl (C=O) groups is 1. The molecule has 1 fully saturated rings. The van der Waals surface area contributed by atoms with Gasteiger partial charge in [-0.1, -0.05) is 6.07 Å². The third-order valence-corrected chi connectivity index (χ3v) is 3.67.